The number of nitrogens with two attached hydrogens (primary N) is 4. The summed E-state index contributed by atoms with van der Waals surface area (Å²) in [5.74, 6) is -17.4. The number of aliphatic hydroxyl groups excluding tert-OH is 1. The van der Waals surface area contributed by atoms with E-state index in [1.54, 1.807) is 82.4 Å². The molecule has 0 bridgehead atoms. The summed E-state index contributed by atoms with van der Waals surface area (Å²) in [4.78, 5) is 259. The molecule has 3 fully saturated rings. The van der Waals surface area contributed by atoms with E-state index in [4.69, 9.17) is 28.3 Å². The van der Waals surface area contributed by atoms with Crippen molar-refractivity contribution >= 4 is 140 Å². The molecular formula is C93H137N23O20S. The van der Waals surface area contributed by atoms with E-state index in [0.717, 1.165) is 26.5 Å². The number of aromatic nitrogens is 2. The van der Waals surface area contributed by atoms with Gasteiger partial charge in [-0.15, -0.1) is 11.8 Å². The highest BCUT2D eigenvalue weighted by Crippen LogP contribution is 2.29. The molecule has 0 spiro atoms. The molecule has 5 heterocycles. The van der Waals surface area contributed by atoms with Crippen LogP contribution >= 0.6 is 11.8 Å². The highest BCUT2D eigenvalue weighted by molar-refractivity contribution is 8.00. The second kappa shape index (κ2) is 52.4. The highest BCUT2D eigenvalue weighted by atomic mass is 32.2. The molecule has 3 aliphatic heterocycles. The number of nitrogens with zero attached hydrogens (tertiary/aromatic N) is 6. The van der Waals surface area contributed by atoms with E-state index in [9.17, 15) is 58.5 Å². The Labute approximate surface area is 800 Å². The Balaban J connectivity index is 1.21. The Hall–Kier alpha value is -13.0. The first-order valence-corrected chi connectivity index (χ1v) is 47.8. The molecule has 750 valence electrons. The molecule has 3 aromatic carbocycles. The molecule has 5 aromatic rings. The second-order valence-corrected chi connectivity index (χ2v) is 37.2. The number of phenolic OH excluding ortho intramolecular Hbond substituents is 1. The Morgan fingerprint density at radius 3 is 1.76 bits per heavy atom. The van der Waals surface area contributed by atoms with Gasteiger partial charge in [-0.3, -0.25) is 86.9 Å². The number of carbonyl (C=O) groups excluding carboxylic acids is 16. The van der Waals surface area contributed by atoms with Crippen molar-refractivity contribution in [2.75, 3.05) is 71.9 Å². The standard InChI is InChI=1S/C93H137N23O20S/c1-11-13-25-72-85(129)105-64(37-51(3)4)82(126)110-70(80(124)101-45-76(96)119)49-137-50-77(120)102-67(39-54-29-31-57(117)32-30-54)88(132)111(8)53(7)79(123)104-63(24-19-35-99-93(97)98)90(134)115-36-20-28-73(115)86(130)109-69(43-95)84(128)107-66(38-52(5)6)91(135)116-47-58(118)42-75(116)87(131)106-65(40-55-44-100-61-23-17-15-21-59(55)61)83(127)103-62(33-34-94)81(125)108-68(89(133)113(10)74(26-14-12-2)92(136)112(72)9)41-56-46-114(48-78(121)122)71-27-18-16-22-60(56)71/h15-18,21-23,27,29-32,44,46,51-53,58,62-70,72-75,100,117-118H,11-14,19-20,24-26,28,33-43,45,47-50,94-95H2,1-10H3,(H2,96,119)(H,101,124)(H,102,120)(H,103,127)(H,104,123)(H,105,129)(H,106,131)(H,107,128)(H,108,125)(H,109,130)(H,110,126)(H,121,122)(H4,97,98,99)/t53-,58+,62-,63-,64-,65-,66-,67-,68-,69-,70-,72-,73?,74-,75-/m0/s1. The number of carboxylic acids is 1. The predicted molar refractivity (Wildman–Crippen MR) is 510 cm³/mol. The van der Waals surface area contributed by atoms with E-state index in [1.165, 1.54) is 72.9 Å². The van der Waals surface area contributed by atoms with Gasteiger partial charge in [-0.05, 0) is 124 Å². The van der Waals surface area contributed by atoms with Crippen LogP contribution in [0, 0.1) is 17.2 Å². The summed E-state index contributed by atoms with van der Waals surface area (Å²) in [5, 5.41) is 70.4. The Kier molecular flexibility index (Phi) is 41.8. The van der Waals surface area contributed by atoms with Crippen molar-refractivity contribution in [1.82, 2.24) is 92.5 Å². The summed E-state index contributed by atoms with van der Waals surface area (Å²) < 4.78 is 1.44. The average molecular weight is 1930 g/mol. The first kappa shape index (κ1) is 109. The van der Waals surface area contributed by atoms with Gasteiger partial charge in [0.1, 0.15) is 96.9 Å². The maximum atomic E-state index is 16.0. The third kappa shape index (κ3) is 31.0. The quantitative estimate of drug-likeness (QED) is 0.0148. The van der Waals surface area contributed by atoms with Gasteiger partial charge in [0.25, 0.3) is 0 Å². The maximum Gasteiger partial charge on any atom is 0.323 e. The molecule has 1 unspecified atom stereocenters. The molecule has 0 saturated carbocycles. The number of primary amides is 1. The normalized spacial score (nSPS) is 24.6. The zero-order valence-electron chi connectivity index (χ0n) is 79.5. The molecular weight excluding hydrogens is 1790 g/mol. The summed E-state index contributed by atoms with van der Waals surface area (Å²) in [7, 11) is 3.98. The number of hydrogen-bond donors (Lipinski definition) is 20. The van der Waals surface area contributed by atoms with E-state index >= 15 is 38.4 Å². The Morgan fingerprint density at radius 2 is 1.11 bits per heavy atom. The van der Waals surface area contributed by atoms with E-state index in [0.29, 0.717) is 64.2 Å². The van der Waals surface area contributed by atoms with Crippen LogP contribution < -0.4 is 81.4 Å². The van der Waals surface area contributed by atoms with Gasteiger partial charge in [0.05, 0.1) is 18.4 Å². The average Bonchev–Trinajstić information content (AvgIpc) is 1.64. The molecule has 15 atom stereocenters. The zero-order chi connectivity index (χ0) is 101. The van der Waals surface area contributed by atoms with Crippen LogP contribution in [0.4, 0.5) is 0 Å². The first-order valence-electron chi connectivity index (χ1n) is 46.6. The van der Waals surface area contributed by atoms with Gasteiger partial charge in [0, 0.05) is 113 Å². The smallest absolute Gasteiger partial charge is 0.323 e. The van der Waals surface area contributed by atoms with Crippen molar-refractivity contribution in [3.63, 3.8) is 0 Å². The van der Waals surface area contributed by atoms with Gasteiger partial charge in [0.2, 0.25) is 94.5 Å². The Bertz CT molecular complexity index is 5110. The molecule has 137 heavy (non-hydrogen) atoms. The van der Waals surface area contributed by atoms with Crippen molar-refractivity contribution in [1.29, 1.82) is 5.41 Å². The number of guanidine groups is 1. The van der Waals surface area contributed by atoms with E-state index in [-0.39, 0.29) is 121 Å². The number of aromatic amines is 1. The van der Waals surface area contributed by atoms with E-state index < -0.39 is 235 Å². The van der Waals surface area contributed by atoms with Crippen LogP contribution in [0.1, 0.15) is 155 Å². The fourth-order valence-corrected chi connectivity index (χ4v) is 18.0. The number of nitrogens with one attached hydrogen (secondary N) is 13. The van der Waals surface area contributed by atoms with Crippen LogP contribution in [-0.2, 0) is 107 Å². The van der Waals surface area contributed by atoms with Crippen LogP contribution in [-0.4, -0.2) is 318 Å². The van der Waals surface area contributed by atoms with Crippen LogP contribution in [0.15, 0.2) is 85.2 Å². The number of unbranched alkanes of at least 4 members (excludes halogenated alkanes) is 2. The van der Waals surface area contributed by atoms with Gasteiger partial charge in [0.15, 0.2) is 5.96 Å². The molecule has 24 N–H and O–H groups in total. The van der Waals surface area contributed by atoms with Crippen molar-refractivity contribution in [3.8, 4) is 5.75 Å². The van der Waals surface area contributed by atoms with Crippen LogP contribution in [0.2, 0.25) is 0 Å². The number of likely N-dealkylation sites (N-methyl/N-ethyl adjacent to an activating group) is 3. The number of aliphatic hydroxyl groups is 1. The van der Waals surface area contributed by atoms with Crippen molar-refractivity contribution in [3.05, 3.63) is 102 Å². The number of rotatable bonds is 28. The number of carboxylic acid groups (broad SMARTS) is 1. The summed E-state index contributed by atoms with van der Waals surface area (Å²) in [6, 6.07) is -1.36. The lowest BCUT2D eigenvalue weighted by molar-refractivity contribution is -0.149. The van der Waals surface area contributed by atoms with Gasteiger partial charge in [-0.2, -0.15) is 0 Å². The van der Waals surface area contributed by atoms with Gasteiger partial charge >= 0.3 is 5.97 Å². The molecule has 0 aliphatic carbocycles. The van der Waals surface area contributed by atoms with Gasteiger partial charge < -0.3 is 131 Å². The lowest BCUT2D eigenvalue weighted by Gasteiger charge is -2.36. The second-order valence-electron chi connectivity index (χ2n) is 36.1. The minimum absolute atomic E-state index is 0.00709. The fraction of sp³-hybridized carbons (Fsp3) is 0.570. The van der Waals surface area contributed by atoms with Crippen molar-refractivity contribution in [2.45, 2.75) is 255 Å². The molecule has 44 heteroatoms. The first-order chi connectivity index (χ1) is 65.1. The number of fused-ring (bicyclic) bond motifs is 4. The molecule has 8 rings (SSSR count). The van der Waals surface area contributed by atoms with Crippen LogP contribution in [0.3, 0.4) is 0 Å². The number of benzene rings is 3. The number of phenols is 1. The largest absolute Gasteiger partial charge is 0.508 e. The molecule has 43 nitrogen and oxygen atoms in total. The molecule has 0 radical (unpaired) electrons. The molecule has 3 saturated heterocycles. The zero-order valence-corrected chi connectivity index (χ0v) is 80.3. The number of carbonyl (C=O) groups is 17. The number of H-pyrrole nitrogens is 1. The number of amides is 16. The lowest BCUT2D eigenvalue weighted by atomic mass is 9.99. The highest BCUT2D eigenvalue weighted by Gasteiger charge is 2.47. The minimum atomic E-state index is -1.66. The molecule has 16 amide bonds. The number of para-hydroxylation sites is 2. The number of aliphatic carboxylic acids is 1. The number of hydrogen-bond acceptors (Lipinski definition) is 23. The topological polar surface area (TPSA) is 648 Å². The summed E-state index contributed by atoms with van der Waals surface area (Å²) >= 11 is 0.804. The third-order valence-corrected chi connectivity index (χ3v) is 25.7. The number of thioether (sulfide) groups is 1. The third-order valence-electron chi connectivity index (χ3n) is 24.7. The number of aromatic hydroxyl groups is 1. The predicted octanol–water partition coefficient (Wildman–Crippen LogP) is -1.85. The van der Waals surface area contributed by atoms with Crippen molar-refractivity contribution in [2.24, 2.45) is 34.8 Å². The Morgan fingerprint density at radius 1 is 0.555 bits per heavy atom. The molecule has 2 aromatic heterocycles. The lowest BCUT2D eigenvalue weighted by Crippen LogP contribution is -2.61. The van der Waals surface area contributed by atoms with Gasteiger partial charge in [-0.1, -0.05) is 116 Å². The fourth-order valence-electron chi connectivity index (χ4n) is 17.2. The van der Waals surface area contributed by atoms with Crippen molar-refractivity contribution < 1.29 is 96.8 Å². The maximum absolute atomic E-state index is 16.0. The summed E-state index contributed by atoms with van der Waals surface area (Å²) in [6.45, 7) is 9.58. The SMILES string of the molecule is CCCC[C@H]1C(=O)N(C)[C@@H](CCCC)C(=O)N[C@@H](CC(C)C)C(=O)N[C@H](C(=O)NCC(N)=O)CSCC(=O)N[C@@H](Cc2ccc(O)cc2)C(=O)N(C)[C@@H](C)C(=O)N[C@@H](CCCNC(=N)N)C(=O)N2CCCC2C(=O)N[C@@H](CN)C(=O)N[C@@H](CC(C)C)C(=O)N2C[C@H](O)C[C@H]2C(=O)N[C@@H](Cc2c[nH]c3ccccc23)C(=O)N[C@@H](CCN)C(=O)N[C@@H](Cc2cn(CC(=O)O)c3ccccc23)C(=O)N1C. The summed E-state index contributed by atoms with van der Waals surface area (Å²) in [5.41, 5.74) is 26.0. The van der Waals surface area contributed by atoms with E-state index in [2.05, 4.69) is 63.5 Å². The summed E-state index contributed by atoms with van der Waals surface area (Å²) in [6.07, 6.45) is 2.00. The minimum Gasteiger partial charge on any atom is -0.508 e. The molecule has 3 aliphatic rings. The van der Waals surface area contributed by atoms with E-state index in [1.807, 2.05) is 13.8 Å². The van der Waals surface area contributed by atoms with Crippen LogP contribution in [0.5, 0.6) is 5.75 Å². The van der Waals surface area contributed by atoms with Crippen LogP contribution in [0.25, 0.3) is 21.8 Å². The van der Waals surface area contributed by atoms with Gasteiger partial charge in [-0.25, -0.2) is 0 Å². The monoisotopic (exact) mass is 1930 g/mol.